The highest BCUT2D eigenvalue weighted by molar-refractivity contribution is 7.18. The van der Waals surface area contributed by atoms with Gasteiger partial charge in [0.2, 0.25) is 0 Å². The number of hydrogen-bond acceptors (Lipinski definition) is 3. The van der Waals surface area contributed by atoms with Gasteiger partial charge in [-0.1, -0.05) is 35.0 Å². The van der Waals surface area contributed by atoms with Crippen molar-refractivity contribution in [1.29, 1.82) is 0 Å². The lowest BCUT2D eigenvalue weighted by Gasteiger charge is -2.06. The van der Waals surface area contributed by atoms with Crippen molar-refractivity contribution >= 4 is 46.1 Å². The van der Waals surface area contributed by atoms with Crippen LogP contribution in [0.1, 0.15) is 15.2 Å². The van der Waals surface area contributed by atoms with Crippen LogP contribution in [-0.2, 0) is 0 Å². The summed E-state index contributed by atoms with van der Waals surface area (Å²) in [6, 6.07) is 8.30. The van der Waals surface area contributed by atoms with Gasteiger partial charge in [0, 0.05) is 5.56 Å². The maximum absolute atomic E-state index is 12.0. The third-order valence-corrected chi connectivity index (χ3v) is 3.88. The molecule has 1 aromatic heterocycles. The van der Waals surface area contributed by atoms with Crippen molar-refractivity contribution in [3.63, 3.8) is 0 Å². The van der Waals surface area contributed by atoms with Crippen LogP contribution < -0.4 is 5.32 Å². The molecule has 0 saturated carbocycles. The lowest BCUT2D eigenvalue weighted by Crippen LogP contribution is -2.10. The molecule has 0 aliphatic heterocycles. The predicted molar refractivity (Wildman–Crippen MR) is 82.7 cm³/mol. The highest BCUT2D eigenvalue weighted by atomic mass is 35.5. The summed E-state index contributed by atoms with van der Waals surface area (Å²) in [5.41, 5.74) is 1.12. The second kappa shape index (κ2) is 6.78. The van der Waals surface area contributed by atoms with E-state index in [4.69, 9.17) is 28.3 Å². The number of aliphatic hydroxyl groups excluding tert-OH is 1. The molecule has 0 aliphatic carbocycles. The van der Waals surface area contributed by atoms with Crippen LogP contribution in [0.4, 0.5) is 5.69 Å². The monoisotopic (exact) mass is 325 g/mol. The molecule has 20 heavy (non-hydrogen) atoms. The zero-order valence-electron chi connectivity index (χ0n) is 10.1. The summed E-state index contributed by atoms with van der Waals surface area (Å²) in [6.45, 7) is -0.224. The average molecular weight is 326 g/mol. The number of halogens is 2. The first kappa shape index (κ1) is 14.9. The van der Waals surface area contributed by atoms with Crippen molar-refractivity contribution in [2.24, 2.45) is 0 Å². The Morgan fingerprint density at radius 1 is 1.30 bits per heavy atom. The van der Waals surface area contributed by atoms with Gasteiger partial charge in [-0.15, -0.1) is 11.3 Å². The minimum atomic E-state index is -0.281. The van der Waals surface area contributed by atoms with Gasteiger partial charge in [0.25, 0.3) is 5.91 Å². The molecule has 0 spiro atoms. The molecule has 1 aromatic carbocycles. The molecule has 0 saturated heterocycles. The smallest absolute Gasteiger partial charge is 0.265 e. The molecule has 0 unspecified atom stereocenters. The Morgan fingerprint density at radius 2 is 2.10 bits per heavy atom. The summed E-state index contributed by atoms with van der Waals surface area (Å²) in [6.07, 6.45) is 0. The minimum Gasteiger partial charge on any atom is -0.384 e. The summed E-state index contributed by atoms with van der Waals surface area (Å²) < 4.78 is 0.545. The van der Waals surface area contributed by atoms with Crippen LogP contribution in [-0.4, -0.2) is 17.6 Å². The molecule has 1 amide bonds. The average Bonchev–Trinajstić information content (AvgIpc) is 2.86. The van der Waals surface area contributed by atoms with E-state index in [2.05, 4.69) is 17.2 Å². The Bertz CT molecular complexity index is 701. The van der Waals surface area contributed by atoms with Gasteiger partial charge in [0.15, 0.2) is 0 Å². The summed E-state index contributed by atoms with van der Waals surface area (Å²) >= 11 is 13.0. The zero-order chi connectivity index (χ0) is 14.5. The Balaban J connectivity index is 2.22. The van der Waals surface area contributed by atoms with Gasteiger partial charge in [0.05, 0.1) is 19.9 Å². The lowest BCUT2D eigenvalue weighted by molar-refractivity contribution is 0.103. The van der Waals surface area contributed by atoms with Gasteiger partial charge in [-0.05, 0) is 30.3 Å². The van der Waals surface area contributed by atoms with Crippen LogP contribution in [0.25, 0.3) is 0 Å². The number of carbonyl (C=O) groups excluding carboxylic acids is 1. The Hall–Kier alpha value is -1.51. The van der Waals surface area contributed by atoms with E-state index in [9.17, 15) is 4.79 Å². The first-order chi connectivity index (χ1) is 9.60. The van der Waals surface area contributed by atoms with E-state index in [0.717, 1.165) is 0 Å². The van der Waals surface area contributed by atoms with Crippen molar-refractivity contribution in [2.45, 2.75) is 0 Å². The number of amides is 1. The highest BCUT2D eigenvalue weighted by Gasteiger charge is 2.11. The molecule has 2 aromatic rings. The van der Waals surface area contributed by atoms with Gasteiger partial charge in [-0.25, -0.2) is 0 Å². The van der Waals surface area contributed by atoms with Crippen LogP contribution in [0.3, 0.4) is 0 Å². The topological polar surface area (TPSA) is 49.3 Å². The summed E-state index contributed by atoms with van der Waals surface area (Å²) in [5.74, 6) is 5.00. The van der Waals surface area contributed by atoms with Gasteiger partial charge in [-0.3, -0.25) is 4.79 Å². The van der Waals surface area contributed by atoms with E-state index in [-0.39, 0.29) is 12.5 Å². The molecule has 2 N–H and O–H groups in total. The Morgan fingerprint density at radius 3 is 2.75 bits per heavy atom. The van der Waals surface area contributed by atoms with Crippen LogP contribution >= 0.6 is 34.5 Å². The van der Waals surface area contributed by atoms with Crippen molar-refractivity contribution in [2.75, 3.05) is 11.9 Å². The standard InChI is InChI=1S/C14H9Cl2NO2S/c15-10-4-3-9(2-1-7-18)8-11(10)17-14(19)12-5-6-13(16)20-12/h3-6,8,18H,7H2,(H,17,19). The SMILES string of the molecule is O=C(Nc1cc(C#CCO)ccc1Cl)c1ccc(Cl)s1. The largest absolute Gasteiger partial charge is 0.384 e. The van der Waals surface area contributed by atoms with Gasteiger partial charge in [0.1, 0.15) is 6.61 Å². The number of nitrogens with one attached hydrogen (secondary N) is 1. The van der Waals surface area contributed by atoms with Gasteiger partial charge in [-0.2, -0.15) is 0 Å². The molecule has 0 fully saturated rings. The molecule has 3 nitrogen and oxygen atoms in total. The highest BCUT2D eigenvalue weighted by Crippen LogP contribution is 2.26. The van der Waals surface area contributed by atoms with E-state index >= 15 is 0 Å². The van der Waals surface area contributed by atoms with Crippen molar-refractivity contribution in [3.05, 3.63) is 50.1 Å². The zero-order valence-corrected chi connectivity index (χ0v) is 12.4. The third kappa shape index (κ3) is 3.75. The summed E-state index contributed by atoms with van der Waals surface area (Å²) in [5, 5.41) is 11.8. The maximum atomic E-state index is 12.0. The summed E-state index contributed by atoms with van der Waals surface area (Å²) in [4.78, 5) is 12.5. The number of thiophene rings is 1. The number of carbonyl (C=O) groups is 1. The number of rotatable bonds is 2. The van der Waals surface area contributed by atoms with E-state index in [1.54, 1.807) is 30.3 Å². The third-order valence-electron chi connectivity index (χ3n) is 2.32. The molecule has 0 aliphatic rings. The Labute approximate surface area is 130 Å². The molecular formula is C14H9Cl2NO2S. The van der Waals surface area contributed by atoms with Crippen molar-refractivity contribution in [3.8, 4) is 11.8 Å². The number of anilines is 1. The molecule has 0 bridgehead atoms. The second-order valence-corrected chi connectivity index (χ2v) is 5.83. The molecule has 1 heterocycles. The molecule has 0 atom stereocenters. The molecule has 0 radical (unpaired) electrons. The fourth-order valence-corrected chi connectivity index (χ4v) is 2.56. The van der Waals surface area contributed by atoms with E-state index in [1.165, 1.54) is 11.3 Å². The quantitative estimate of drug-likeness (QED) is 0.828. The molecule has 6 heteroatoms. The minimum absolute atomic E-state index is 0.224. The lowest BCUT2D eigenvalue weighted by atomic mass is 10.2. The number of aliphatic hydroxyl groups is 1. The summed E-state index contributed by atoms with van der Waals surface area (Å²) in [7, 11) is 0. The molecular weight excluding hydrogens is 317 g/mol. The van der Waals surface area contributed by atoms with E-state index < -0.39 is 0 Å². The molecule has 102 valence electrons. The first-order valence-corrected chi connectivity index (χ1v) is 7.13. The van der Waals surface area contributed by atoms with Gasteiger partial charge < -0.3 is 10.4 Å². The fraction of sp³-hybridized carbons (Fsp3) is 0.0714. The normalized spacial score (nSPS) is 9.75. The van der Waals surface area contributed by atoms with E-state index in [0.29, 0.717) is 25.5 Å². The maximum Gasteiger partial charge on any atom is 0.265 e. The van der Waals surface area contributed by atoms with Crippen LogP contribution in [0.2, 0.25) is 9.36 Å². The fourth-order valence-electron chi connectivity index (χ4n) is 1.46. The van der Waals surface area contributed by atoms with Gasteiger partial charge >= 0.3 is 0 Å². The van der Waals surface area contributed by atoms with E-state index in [1.807, 2.05) is 0 Å². The molecule has 2 rings (SSSR count). The van der Waals surface area contributed by atoms with Crippen molar-refractivity contribution in [1.82, 2.24) is 0 Å². The van der Waals surface area contributed by atoms with Crippen LogP contribution in [0, 0.1) is 11.8 Å². The second-order valence-electron chi connectivity index (χ2n) is 3.71. The number of benzene rings is 1. The van der Waals surface area contributed by atoms with Crippen molar-refractivity contribution < 1.29 is 9.90 Å². The Kier molecular flexibility index (Phi) is 5.05. The first-order valence-electron chi connectivity index (χ1n) is 5.56. The number of hydrogen-bond donors (Lipinski definition) is 2. The van der Waals surface area contributed by atoms with Crippen LogP contribution in [0.15, 0.2) is 30.3 Å². The van der Waals surface area contributed by atoms with Crippen LogP contribution in [0.5, 0.6) is 0 Å². The predicted octanol–water partition coefficient (Wildman–Crippen LogP) is 3.65.